The second kappa shape index (κ2) is 5.80. The van der Waals surface area contributed by atoms with Gasteiger partial charge in [0.2, 0.25) is 5.82 Å². The maximum atomic E-state index is 13.2. The van der Waals surface area contributed by atoms with Crippen LogP contribution < -0.4 is 5.32 Å². The first-order valence-corrected chi connectivity index (χ1v) is 4.87. The molecule has 0 aromatic heterocycles. The molecule has 4 nitrogen and oxygen atoms in total. The van der Waals surface area contributed by atoms with Crippen LogP contribution in [0.3, 0.4) is 0 Å². The molecule has 0 amide bonds. The number of hydrogen-bond donors (Lipinski definition) is 1. The third-order valence-corrected chi connectivity index (χ3v) is 2.02. The second-order valence-electron chi connectivity index (χ2n) is 3.28. The Kier molecular flexibility index (Phi) is 4.40. The van der Waals surface area contributed by atoms with Crippen LogP contribution in [0.5, 0.6) is 0 Å². The number of benzene rings is 1. The number of rotatable bonds is 5. The van der Waals surface area contributed by atoms with Gasteiger partial charge in [-0.05, 0) is 6.42 Å². The number of anilines is 1. The first kappa shape index (κ1) is 12.9. The van der Waals surface area contributed by atoms with Crippen LogP contribution in [-0.2, 0) is 0 Å². The summed E-state index contributed by atoms with van der Waals surface area (Å²) in [6.07, 6.45) is 6.07. The standard InChI is InChI=1S/C11H10F2N2O2/c1-2-3-4-5-14-10-7-8(12)6-9(13)11(10)15(16)17/h1,6-7,14H,3-5H2. The minimum absolute atomic E-state index is 0.176. The molecule has 0 saturated carbocycles. The number of terminal acetylenes is 1. The highest BCUT2D eigenvalue weighted by Crippen LogP contribution is 2.28. The van der Waals surface area contributed by atoms with Crippen molar-refractivity contribution < 1.29 is 13.7 Å². The van der Waals surface area contributed by atoms with Crippen molar-refractivity contribution >= 4 is 11.4 Å². The molecule has 1 N–H and O–H groups in total. The maximum absolute atomic E-state index is 13.2. The number of nitro benzene ring substituents is 1. The molecule has 1 rings (SSSR count). The highest BCUT2D eigenvalue weighted by atomic mass is 19.1. The van der Waals surface area contributed by atoms with Gasteiger partial charge < -0.3 is 5.32 Å². The Hall–Kier alpha value is -2.16. The van der Waals surface area contributed by atoms with Gasteiger partial charge in [-0.15, -0.1) is 12.3 Å². The Morgan fingerprint density at radius 1 is 1.47 bits per heavy atom. The van der Waals surface area contributed by atoms with E-state index in [2.05, 4.69) is 11.2 Å². The minimum atomic E-state index is -1.20. The molecule has 0 spiro atoms. The predicted molar refractivity (Wildman–Crippen MR) is 59.6 cm³/mol. The lowest BCUT2D eigenvalue weighted by Gasteiger charge is -2.06. The normalized spacial score (nSPS) is 9.71. The SMILES string of the molecule is C#CCCCNc1cc(F)cc(F)c1[N+](=O)[O-]. The van der Waals surface area contributed by atoms with E-state index >= 15 is 0 Å². The van der Waals surface area contributed by atoms with Gasteiger partial charge >= 0.3 is 5.69 Å². The van der Waals surface area contributed by atoms with Gasteiger partial charge in [0.05, 0.1) is 4.92 Å². The molecule has 0 aliphatic carbocycles. The lowest BCUT2D eigenvalue weighted by molar-refractivity contribution is -0.386. The molecule has 1 aromatic rings. The van der Waals surface area contributed by atoms with E-state index in [0.717, 1.165) is 6.07 Å². The zero-order valence-corrected chi connectivity index (χ0v) is 8.87. The summed E-state index contributed by atoms with van der Waals surface area (Å²) >= 11 is 0. The Morgan fingerprint density at radius 2 is 2.18 bits per heavy atom. The van der Waals surface area contributed by atoms with Crippen molar-refractivity contribution in [2.45, 2.75) is 12.8 Å². The number of unbranched alkanes of at least 4 members (excludes halogenated alkanes) is 1. The molecule has 0 saturated heterocycles. The van der Waals surface area contributed by atoms with Crippen molar-refractivity contribution in [3.63, 3.8) is 0 Å². The number of nitrogens with zero attached hydrogens (tertiary/aromatic N) is 1. The number of halogens is 2. The zero-order valence-electron chi connectivity index (χ0n) is 8.87. The summed E-state index contributed by atoms with van der Waals surface area (Å²) in [5, 5.41) is 13.2. The number of nitrogens with one attached hydrogen (secondary N) is 1. The van der Waals surface area contributed by atoms with Crippen LogP contribution in [0.4, 0.5) is 20.2 Å². The van der Waals surface area contributed by atoms with Gasteiger partial charge in [0.15, 0.2) is 0 Å². The quantitative estimate of drug-likeness (QED) is 0.372. The van der Waals surface area contributed by atoms with Crippen LogP contribution in [0, 0.1) is 34.1 Å². The highest BCUT2D eigenvalue weighted by molar-refractivity contribution is 5.62. The largest absolute Gasteiger partial charge is 0.379 e. The minimum Gasteiger partial charge on any atom is -0.379 e. The smallest absolute Gasteiger partial charge is 0.327 e. The molecule has 0 radical (unpaired) electrons. The first-order valence-electron chi connectivity index (χ1n) is 4.87. The fraction of sp³-hybridized carbons (Fsp3) is 0.273. The maximum Gasteiger partial charge on any atom is 0.327 e. The van der Waals surface area contributed by atoms with Gasteiger partial charge in [0.25, 0.3) is 0 Å². The number of hydrogen-bond acceptors (Lipinski definition) is 3. The van der Waals surface area contributed by atoms with E-state index in [0.29, 0.717) is 25.5 Å². The third kappa shape index (κ3) is 3.41. The Morgan fingerprint density at radius 3 is 2.76 bits per heavy atom. The van der Waals surface area contributed by atoms with E-state index in [1.165, 1.54) is 0 Å². The van der Waals surface area contributed by atoms with Crippen molar-refractivity contribution in [3.05, 3.63) is 33.9 Å². The lowest BCUT2D eigenvalue weighted by atomic mass is 10.2. The van der Waals surface area contributed by atoms with Crippen molar-refractivity contribution in [1.29, 1.82) is 0 Å². The topological polar surface area (TPSA) is 55.2 Å². The van der Waals surface area contributed by atoms with E-state index in [4.69, 9.17) is 6.42 Å². The van der Waals surface area contributed by atoms with Gasteiger partial charge in [-0.25, -0.2) is 4.39 Å². The molecular formula is C11H10F2N2O2. The summed E-state index contributed by atoms with van der Waals surface area (Å²) in [5.74, 6) is 0.324. The highest BCUT2D eigenvalue weighted by Gasteiger charge is 2.21. The third-order valence-electron chi connectivity index (χ3n) is 2.02. The van der Waals surface area contributed by atoms with Gasteiger partial charge in [-0.2, -0.15) is 4.39 Å². The Balaban J connectivity index is 2.89. The fourth-order valence-electron chi connectivity index (χ4n) is 1.30. The first-order chi connectivity index (χ1) is 8.06. The van der Waals surface area contributed by atoms with Crippen LogP contribution in [0.25, 0.3) is 0 Å². The molecule has 90 valence electrons. The van der Waals surface area contributed by atoms with Crippen LogP contribution in [0.15, 0.2) is 12.1 Å². The summed E-state index contributed by atoms with van der Waals surface area (Å²) in [5.41, 5.74) is -0.934. The van der Waals surface area contributed by atoms with Crippen LogP contribution in [0.1, 0.15) is 12.8 Å². The van der Waals surface area contributed by atoms with Crippen LogP contribution >= 0.6 is 0 Å². The van der Waals surface area contributed by atoms with Crippen molar-refractivity contribution in [1.82, 2.24) is 0 Å². The fourth-order valence-corrected chi connectivity index (χ4v) is 1.30. The summed E-state index contributed by atoms with van der Waals surface area (Å²) in [6, 6.07) is 1.36. The zero-order chi connectivity index (χ0) is 12.8. The molecular weight excluding hydrogens is 230 g/mol. The van der Waals surface area contributed by atoms with Gasteiger partial charge in [0, 0.05) is 25.1 Å². The van der Waals surface area contributed by atoms with Gasteiger partial charge in [-0.3, -0.25) is 10.1 Å². The van der Waals surface area contributed by atoms with E-state index < -0.39 is 22.2 Å². The monoisotopic (exact) mass is 240 g/mol. The Labute approximate surface area is 96.8 Å². The van der Waals surface area contributed by atoms with Crippen LogP contribution in [-0.4, -0.2) is 11.5 Å². The summed E-state index contributed by atoms with van der Waals surface area (Å²) in [7, 11) is 0. The van der Waals surface area contributed by atoms with Gasteiger partial charge in [0.1, 0.15) is 11.5 Å². The molecule has 0 bridgehead atoms. The molecule has 6 heteroatoms. The number of nitro groups is 1. The lowest BCUT2D eigenvalue weighted by Crippen LogP contribution is -2.06. The summed E-state index contributed by atoms with van der Waals surface area (Å²) in [6.45, 7) is 0.313. The van der Waals surface area contributed by atoms with E-state index in [1.807, 2.05) is 0 Å². The van der Waals surface area contributed by atoms with Crippen molar-refractivity contribution in [2.24, 2.45) is 0 Å². The van der Waals surface area contributed by atoms with Crippen molar-refractivity contribution in [2.75, 3.05) is 11.9 Å². The Bertz CT molecular complexity index is 469. The average molecular weight is 240 g/mol. The van der Waals surface area contributed by atoms with Crippen LogP contribution in [0.2, 0.25) is 0 Å². The molecule has 17 heavy (non-hydrogen) atoms. The molecule has 1 aromatic carbocycles. The average Bonchev–Trinajstić information content (AvgIpc) is 2.22. The molecule has 0 aliphatic heterocycles. The molecule has 0 aliphatic rings. The second-order valence-corrected chi connectivity index (χ2v) is 3.28. The molecule has 0 heterocycles. The van der Waals surface area contributed by atoms with E-state index in [-0.39, 0.29) is 5.69 Å². The summed E-state index contributed by atoms with van der Waals surface area (Å²) in [4.78, 5) is 9.72. The summed E-state index contributed by atoms with van der Waals surface area (Å²) < 4.78 is 26.1. The molecule has 0 unspecified atom stereocenters. The predicted octanol–water partition coefficient (Wildman–Crippen LogP) is 2.70. The van der Waals surface area contributed by atoms with Crippen molar-refractivity contribution in [3.8, 4) is 12.3 Å². The molecule has 0 atom stereocenters. The molecule has 0 fully saturated rings. The van der Waals surface area contributed by atoms with E-state index in [1.54, 1.807) is 0 Å². The van der Waals surface area contributed by atoms with Gasteiger partial charge in [-0.1, -0.05) is 0 Å². The van der Waals surface area contributed by atoms with E-state index in [9.17, 15) is 18.9 Å².